The average molecular weight is 326 g/mol. The Bertz CT molecular complexity index is 646. The van der Waals surface area contributed by atoms with E-state index in [9.17, 15) is 14.3 Å². The zero-order valence-electron chi connectivity index (χ0n) is 9.52. The van der Waals surface area contributed by atoms with Crippen molar-refractivity contribution in [1.29, 1.82) is 0 Å². The fourth-order valence-corrected chi connectivity index (χ4v) is 1.85. The predicted octanol–water partition coefficient (Wildman–Crippen LogP) is 3.25. The molecule has 0 aromatic heterocycles. The maximum Gasteiger partial charge on any atom is 0.259 e. The van der Waals surface area contributed by atoms with Crippen LogP contribution in [0.4, 0.5) is 10.1 Å². The van der Waals surface area contributed by atoms with Crippen molar-refractivity contribution >= 4 is 27.5 Å². The van der Waals surface area contributed by atoms with E-state index in [0.717, 1.165) is 6.07 Å². The van der Waals surface area contributed by atoms with E-state index >= 15 is 0 Å². The Hall–Kier alpha value is -2.08. The third-order valence-corrected chi connectivity index (χ3v) is 2.90. The Labute approximate surface area is 116 Å². The highest BCUT2D eigenvalue weighted by Crippen LogP contribution is 2.24. The molecular formula is C13H9BrFNO3. The van der Waals surface area contributed by atoms with Crippen LogP contribution in [0, 0.1) is 5.82 Å². The summed E-state index contributed by atoms with van der Waals surface area (Å²) in [6, 6.07) is 7.72. The van der Waals surface area contributed by atoms with Gasteiger partial charge in [0.2, 0.25) is 0 Å². The molecule has 3 N–H and O–H groups in total. The summed E-state index contributed by atoms with van der Waals surface area (Å²) >= 11 is 3.18. The number of anilines is 1. The van der Waals surface area contributed by atoms with Gasteiger partial charge < -0.3 is 15.5 Å². The number of phenols is 2. The van der Waals surface area contributed by atoms with Crippen molar-refractivity contribution in [2.75, 3.05) is 5.32 Å². The lowest BCUT2D eigenvalue weighted by Gasteiger charge is -2.08. The van der Waals surface area contributed by atoms with Gasteiger partial charge in [0.15, 0.2) is 0 Å². The number of carbonyl (C=O) groups excluding carboxylic acids is 1. The molecule has 0 aliphatic heterocycles. The number of hydrogen-bond acceptors (Lipinski definition) is 3. The highest BCUT2D eigenvalue weighted by molar-refractivity contribution is 9.10. The first-order chi connectivity index (χ1) is 8.97. The minimum absolute atomic E-state index is 0.0156. The molecule has 0 fully saturated rings. The third kappa shape index (κ3) is 3.03. The van der Waals surface area contributed by atoms with Crippen molar-refractivity contribution in [2.24, 2.45) is 0 Å². The van der Waals surface area contributed by atoms with Crippen molar-refractivity contribution in [3.8, 4) is 11.5 Å². The van der Waals surface area contributed by atoms with E-state index in [1.807, 2.05) is 0 Å². The largest absolute Gasteiger partial charge is 0.508 e. The van der Waals surface area contributed by atoms with Crippen LogP contribution in [0.25, 0.3) is 0 Å². The maximum absolute atomic E-state index is 13.5. The zero-order chi connectivity index (χ0) is 14.0. The summed E-state index contributed by atoms with van der Waals surface area (Å²) in [4.78, 5) is 11.9. The molecule has 0 heterocycles. The molecule has 2 rings (SSSR count). The maximum atomic E-state index is 13.5. The molecule has 4 nitrogen and oxygen atoms in total. The number of carbonyl (C=O) groups is 1. The smallest absolute Gasteiger partial charge is 0.259 e. The Kier molecular flexibility index (Phi) is 3.71. The number of phenolic OH excluding ortho intramolecular Hbond substituents is 2. The molecule has 0 atom stereocenters. The summed E-state index contributed by atoms with van der Waals surface area (Å²) in [5, 5.41) is 21.0. The number of hydrogen-bond donors (Lipinski definition) is 3. The van der Waals surface area contributed by atoms with Gasteiger partial charge in [-0.05, 0) is 30.3 Å². The lowest BCUT2D eigenvalue weighted by Crippen LogP contribution is -2.13. The average Bonchev–Trinajstić information content (AvgIpc) is 2.35. The van der Waals surface area contributed by atoms with Gasteiger partial charge >= 0.3 is 0 Å². The highest BCUT2D eigenvalue weighted by Gasteiger charge is 2.14. The summed E-state index contributed by atoms with van der Waals surface area (Å²) in [5.74, 6) is -1.85. The quantitative estimate of drug-likeness (QED) is 0.742. The number of nitrogens with one attached hydrogen (secondary N) is 1. The summed E-state index contributed by atoms with van der Waals surface area (Å²) in [5.41, 5.74) is -0.0657. The van der Waals surface area contributed by atoms with Gasteiger partial charge in [-0.25, -0.2) is 4.39 Å². The predicted molar refractivity (Wildman–Crippen MR) is 71.8 cm³/mol. The molecule has 0 saturated carbocycles. The van der Waals surface area contributed by atoms with Crippen molar-refractivity contribution in [1.82, 2.24) is 0 Å². The monoisotopic (exact) mass is 325 g/mol. The van der Waals surface area contributed by atoms with E-state index < -0.39 is 11.7 Å². The van der Waals surface area contributed by atoms with E-state index in [1.165, 1.54) is 24.3 Å². The molecule has 6 heteroatoms. The second-order valence-corrected chi connectivity index (χ2v) is 4.70. The second-order valence-electron chi connectivity index (χ2n) is 3.78. The zero-order valence-corrected chi connectivity index (χ0v) is 11.1. The van der Waals surface area contributed by atoms with Crippen molar-refractivity contribution in [3.63, 3.8) is 0 Å². The van der Waals surface area contributed by atoms with E-state index in [1.54, 1.807) is 6.07 Å². The number of rotatable bonds is 2. The first-order valence-electron chi connectivity index (χ1n) is 5.26. The van der Waals surface area contributed by atoms with E-state index in [-0.39, 0.29) is 22.7 Å². The van der Waals surface area contributed by atoms with Crippen LogP contribution in [0.1, 0.15) is 10.4 Å². The first kappa shape index (κ1) is 13.4. The SMILES string of the molecule is O=C(Nc1ccc(O)cc1F)c1cc(Br)ccc1O. The van der Waals surface area contributed by atoms with Crippen molar-refractivity contribution < 1.29 is 19.4 Å². The van der Waals surface area contributed by atoms with Crippen molar-refractivity contribution in [2.45, 2.75) is 0 Å². The normalized spacial score (nSPS) is 10.2. The summed E-state index contributed by atoms with van der Waals surface area (Å²) in [6.07, 6.45) is 0. The number of aromatic hydroxyl groups is 2. The molecule has 1 amide bonds. The lowest BCUT2D eigenvalue weighted by molar-refractivity contribution is 0.102. The molecule has 2 aromatic carbocycles. The standard InChI is InChI=1S/C13H9BrFNO3/c14-7-1-4-12(18)9(5-7)13(19)16-11-3-2-8(17)6-10(11)15/h1-6,17-18H,(H,16,19). The molecule has 0 saturated heterocycles. The van der Waals surface area contributed by atoms with Gasteiger partial charge in [0.25, 0.3) is 5.91 Å². The molecule has 98 valence electrons. The van der Waals surface area contributed by atoms with Crippen LogP contribution < -0.4 is 5.32 Å². The summed E-state index contributed by atoms with van der Waals surface area (Å²) in [7, 11) is 0. The van der Waals surface area contributed by atoms with Crippen LogP contribution in [0.2, 0.25) is 0 Å². The van der Waals surface area contributed by atoms with Gasteiger partial charge in [-0.2, -0.15) is 0 Å². The molecule has 0 aliphatic rings. The van der Waals surface area contributed by atoms with Crippen LogP contribution in [-0.4, -0.2) is 16.1 Å². The topological polar surface area (TPSA) is 69.6 Å². The minimum atomic E-state index is -0.761. The summed E-state index contributed by atoms with van der Waals surface area (Å²) in [6.45, 7) is 0. The number of halogens is 2. The third-order valence-electron chi connectivity index (χ3n) is 2.40. The Morgan fingerprint density at radius 3 is 2.58 bits per heavy atom. The fraction of sp³-hybridized carbons (Fsp3) is 0. The van der Waals surface area contributed by atoms with E-state index in [4.69, 9.17) is 5.11 Å². The van der Waals surface area contributed by atoms with Gasteiger partial charge in [-0.15, -0.1) is 0 Å². The highest BCUT2D eigenvalue weighted by atomic mass is 79.9. The first-order valence-corrected chi connectivity index (χ1v) is 6.05. The minimum Gasteiger partial charge on any atom is -0.508 e. The van der Waals surface area contributed by atoms with E-state index in [2.05, 4.69) is 21.2 Å². The number of benzene rings is 2. The van der Waals surface area contributed by atoms with E-state index in [0.29, 0.717) is 4.47 Å². The van der Waals surface area contributed by atoms with Crippen LogP contribution in [-0.2, 0) is 0 Å². The van der Waals surface area contributed by atoms with Gasteiger partial charge in [0.05, 0.1) is 11.3 Å². The Balaban J connectivity index is 2.28. The molecular weight excluding hydrogens is 317 g/mol. The van der Waals surface area contributed by atoms with Gasteiger partial charge in [-0.3, -0.25) is 4.79 Å². The number of amides is 1. The molecule has 19 heavy (non-hydrogen) atoms. The lowest BCUT2D eigenvalue weighted by atomic mass is 10.2. The second kappa shape index (κ2) is 5.27. The summed E-state index contributed by atoms with van der Waals surface area (Å²) < 4.78 is 14.1. The molecule has 0 spiro atoms. The Morgan fingerprint density at radius 1 is 1.16 bits per heavy atom. The molecule has 2 aromatic rings. The molecule has 0 aliphatic carbocycles. The van der Waals surface area contributed by atoms with Gasteiger partial charge in [-0.1, -0.05) is 15.9 Å². The fourth-order valence-electron chi connectivity index (χ4n) is 1.49. The van der Waals surface area contributed by atoms with Crippen LogP contribution in [0.15, 0.2) is 40.9 Å². The van der Waals surface area contributed by atoms with Gasteiger partial charge in [0, 0.05) is 10.5 Å². The molecule has 0 unspecified atom stereocenters. The van der Waals surface area contributed by atoms with Crippen LogP contribution >= 0.6 is 15.9 Å². The molecule has 0 radical (unpaired) electrons. The van der Waals surface area contributed by atoms with Crippen LogP contribution in [0.5, 0.6) is 11.5 Å². The van der Waals surface area contributed by atoms with Gasteiger partial charge in [0.1, 0.15) is 17.3 Å². The molecule has 0 bridgehead atoms. The Morgan fingerprint density at radius 2 is 1.89 bits per heavy atom. The van der Waals surface area contributed by atoms with Crippen LogP contribution in [0.3, 0.4) is 0 Å². The van der Waals surface area contributed by atoms with Crippen molar-refractivity contribution in [3.05, 3.63) is 52.3 Å².